The Morgan fingerprint density at radius 2 is 1.97 bits per heavy atom. The number of carboxylic acids is 1. The molecule has 9 heteroatoms. The number of pyridine rings is 1. The summed E-state index contributed by atoms with van der Waals surface area (Å²) in [5.41, 5.74) is 2.69. The molecule has 0 saturated carbocycles. The Morgan fingerprint density at radius 1 is 1.18 bits per heavy atom. The van der Waals surface area contributed by atoms with E-state index in [2.05, 4.69) is 39.1 Å². The molecule has 1 aromatic carbocycles. The van der Waals surface area contributed by atoms with Gasteiger partial charge in [-0.25, -0.2) is 0 Å². The number of carboxylic acid groups (broad SMARTS) is 1. The molecule has 8 nitrogen and oxygen atoms in total. The number of aromatic nitrogens is 3. The van der Waals surface area contributed by atoms with E-state index in [1.54, 1.807) is 29.4 Å². The number of likely N-dealkylation sites (tertiary alicyclic amines) is 1. The summed E-state index contributed by atoms with van der Waals surface area (Å²) in [6.45, 7) is 4.79. The third kappa shape index (κ3) is 5.61. The summed E-state index contributed by atoms with van der Waals surface area (Å²) in [4.78, 5) is 31.9. The summed E-state index contributed by atoms with van der Waals surface area (Å²) in [5.74, 6) is -1.05. The molecular formula is C24H27N5O3S. The summed E-state index contributed by atoms with van der Waals surface area (Å²) < 4.78 is 0. The Balaban J connectivity index is 1.41. The highest BCUT2D eigenvalue weighted by Gasteiger charge is 2.31. The molecule has 2 aromatic heterocycles. The second-order valence-electron chi connectivity index (χ2n) is 8.18. The van der Waals surface area contributed by atoms with Crippen LogP contribution in [0, 0.1) is 5.92 Å². The highest BCUT2D eigenvalue weighted by molar-refractivity contribution is 7.18. The Labute approximate surface area is 196 Å². The molecule has 33 heavy (non-hydrogen) atoms. The summed E-state index contributed by atoms with van der Waals surface area (Å²) in [6.07, 6.45) is 5.94. The molecule has 0 radical (unpaired) electrons. The van der Waals surface area contributed by atoms with Gasteiger partial charge < -0.3 is 10.0 Å². The van der Waals surface area contributed by atoms with Crippen LogP contribution in [0.5, 0.6) is 0 Å². The van der Waals surface area contributed by atoms with Gasteiger partial charge in [-0.2, -0.15) is 0 Å². The van der Waals surface area contributed by atoms with Crippen molar-refractivity contribution in [3.05, 3.63) is 59.9 Å². The standard InChI is InChI=1S/C24H27N5O3S/c1-2-3-12-29(22(30)19-5-4-11-25-14-19)24-27-26-21(33-24)18-8-6-17(7-9-18)10-13-28-15-20(16-28)23(31)32/h4-9,11,14,20H,2-3,10,12-13,15-16H2,1H3,(H,31,32). The Morgan fingerprint density at radius 3 is 2.64 bits per heavy atom. The van der Waals surface area contributed by atoms with Crippen molar-refractivity contribution in [2.24, 2.45) is 5.92 Å². The Kier molecular flexibility index (Phi) is 7.41. The monoisotopic (exact) mass is 465 g/mol. The molecule has 0 spiro atoms. The molecule has 1 fully saturated rings. The van der Waals surface area contributed by atoms with E-state index in [0.29, 0.717) is 30.3 Å². The van der Waals surface area contributed by atoms with Crippen LogP contribution in [0.2, 0.25) is 0 Å². The highest BCUT2D eigenvalue weighted by Crippen LogP contribution is 2.30. The van der Waals surface area contributed by atoms with Crippen molar-refractivity contribution in [2.45, 2.75) is 26.2 Å². The average Bonchev–Trinajstić information content (AvgIpc) is 3.29. The fraction of sp³-hybridized carbons (Fsp3) is 0.375. The van der Waals surface area contributed by atoms with Gasteiger partial charge in [0.1, 0.15) is 5.01 Å². The zero-order valence-electron chi connectivity index (χ0n) is 18.6. The SMILES string of the molecule is CCCCN(C(=O)c1cccnc1)c1nnc(-c2ccc(CCN3CC(C(=O)O)C3)cc2)s1. The number of unbranched alkanes of at least 4 members (excludes halogenated alkanes) is 1. The lowest BCUT2D eigenvalue weighted by Crippen LogP contribution is -2.50. The zero-order chi connectivity index (χ0) is 23.2. The van der Waals surface area contributed by atoms with Crippen LogP contribution in [0.25, 0.3) is 10.6 Å². The number of nitrogens with zero attached hydrogens (tertiary/aromatic N) is 5. The van der Waals surface area contributed by atoms with Gasteiger partial charge in [-0.1, -0.05) is 48.9 Å². The van der Waals surface area contributed by atoms with Gasteiger partial charge in [0.05, 0.1) is 11.5 Å². The van der Waals surface area contributed by atoms with Crippen LogP contribution < -0.4 is 4.90 Å². The van der Waals surface area contributed by atoms with Gasteiger partial charge in [0.15, 0.2) is 0 Å². The molecular weight excluding hydrogens is 438 g/mol. The van der Waals surface area contributed by atoms with Crippen molar-refractivity contribution in [2.75, 3.05) is 31.1 Å². The number of hydrogen-bond donors (Lipinski definition) is 1. The van der Waals surface area contributed by atoms with Crippen LogP contribution >= 0.6 is 11.3 Å². The molecule has 1 N–H and O–H groups in total. The van der Waals surface area contributed by atoms with Gasteiger partial charge in [0.2, 0.25) is 5.13 Å². The first kappa shape index (κ1) is 23.0. The van der Waals surface area contributed by atoms with Gasteiger partial charge in [-0.05, 0) is 30.5 Å². The normalized spacial score (nSPS) is 14.1. The molecule has 4 rings (SSSR count). The minimum Gasteiger partial charge on any atom is -0.481 e. The first-order valence-electron chi connectivity index (χ1n) is 11.1. The lowest BCUT2D eigenvalue weighted by atomic mass is 9.99. The minimum atomic E-state index is -0.706. The molecule has 3 heterocycles. The fourth-order valence-electron chi connectivity index (χ4n) is 3.70. The van der Waals surface area contributed by atoms with Crippen molar-refractivity contribution in [1.29, 1.82) is 0 Å². The largest absolute Gasteiger partial charge is 0.481 e. The van der Waals surface area contributed by atoms with Crippen molar-refractivity contribution >= 4 is 28.3 Å². The maximum atomic E-state index is 13.0. The summed E-state index contributed by atoms with van der Waals surface area (Å²) >= 11 is 1.41. The van der Waals surface area contributed by atoms with Crippen LogP contribution in [0.3, 0.4) is 0 Å². The molecule has 0 bridgehead atoms. The van der Waals surface area contributed by atoms with Gasteiger partial charge in [-0.15, -0.1) is 10.2 Å². The highest BCUT2D eigenvalue weighted by atomic mass is 32.1. The zero-order valence-corrected chi connectivity index (χ0v) is 19.4. The molecule has 0 aliphatic carbocycles. The molecule has 0 unspecified atom stereocenters. The number of benzene rings is 1. The third-order valence-electron chi connectivity index (χ3n) is 5.76. The lowest BCUT2D eigenvalue weighted by Gasteiger charge is -2.36. The summed E-state index contributed by atoms with van der Waals surface area (Å²) in [6, 6.07) is 11.7. The molecule has 3 aromatic rings. The smallest absolute Gasteiger partial charge is 0.309 e. The van der Waals surface area contributed by atoms with Crippen LogP contribution in [-0.2, 0) is 11.2 Å². The van der Waals surface area contributed by atoms with Crippen molar-refractivity contribution < 1.29 is 14.7 Å². The number of carbonyl (C=O) groups excluding carboxylic acids is 1. The number of carbonyl (C=O) groups is 2. The van der Waals surface area contributed by atoms with Gasteiger partial charge in [0, 0.05) is 44.1 Å². The molecule has 1 aliphatic rings. The second kappa shape index (κ2) is 10.6. The van der Waals surface area contributed by atoms with E-state index in [4.69, 9.17) is 5.11 Å². The van der Waals surface area contributed by atoms with Gasteiger partial charge in [-0.3, -0.25) is 19.5 Å². The van der Waals surface area contributed by atoms with E-state index in [0.717, 1.165) is 36.4 Å². The van der Waals surface area contributed by atoms with E-state index in [1.807, 2.05) is 12.1 Å². The Bertz CT molecular complexity index is 1080. The molecule has 1 amide bonds. The predicted octanol–water partition coefficient (Wildman–Crippen LogP) is 3.61. The molecule has 1 saturated heterocycles. The quantitative estimate of drug-likeness (QED) is 0.488. The predicted molar refractivity (Wildman–Crippen MR) is 127 cm³/mol. The van der Waals surface area contributed by atoms with Crippen LogP contribution in [0.15, 0.2) is 48.8 Å². The minimum absolute atomic E-state index is 0.120. The van der Waals surface area contributed by atoms with Crippen molar-refractivity contribution in [3.63, 3.8) is 0 Å². The summed E-state index contributed by atoms with van der Waals surface area (Å²) in [7, 11) is 0. The first-order valence-corrected chi connectivity index (χ1v) is 12.0. The molecule has 0 atom stereocenters. The maximum absolute atomic E-state index is 13.0. The number of anilines is 1. The van der Waals surface area contributed by atoms with Crippen LogP contribution in [0.1, 0.15) is 35.7 Å². The van der Waals surface area contributed by atoms with E-state index in [9.17, 15) is 9.59 Å². The Hall–Kier alpha value is -3.17. The first-order chi connectivity index (χ1) is 16.0. The van der Waals surface area contributed by atoms with E-state index in [1.165, 1.54) is 16.9 Å². The third-order valence-corrected chi connectivity index (χ3v) is 6.75. The number of rotatable bonds is 10. The fourth-order valence-corrected chi connectivity index (χ4v) is 4.57. The molecule has 172 valence electrons. The maximum Gasteiger partial charge on any atom is 0.309 e. The average molecular weight is 466 g/mol. The van der Waals surface area contributed by atoms with Gasteiger partial charge in [0.25, 0.3) is 5.91 Å². The summed E-state index contributed by atoms with van der Waals surface area (Å²) in [5, 5.41) is 19.0. The number of aliphatic carboxylic acids is 1. The van der Waals surface area contributed by atoms with Crippen LogP contribution in [0.4, 0.5) is 5.13 Å². The topological polar surface area (TPSA) is 99.5 Å². The van der Waals surface area contributed by atoms with E-state index < -0.39 is 5.97 Å². The van der Waals surface area contributed by atoms with Gasteiger partial charge >= 0.3 is 5.97 Å². The van der Waals surface area contributed by atoms with E-state index >= 15 is 0 Å². The lowest BCUT2D eigenvalue weighted by molar-refractivity contribution is -0.147. The van der Waals surface area contributed by atoms with Crippen LogP contribution in [-0.4, -0.2) is 63.2 Å². The number of hydrogen-bond acceptors (Lipinski definition) is 7. The molecule has 1 aliphatic heterocycles. The number of amides is 1. The van der Waals surface area contributed by atoms with Crippen molar-refractivity contribution in [3.8, 4) is 10.6 Å². The van der Waals surface area contributed by atoms with Crippen molar-refractivity contribution in [1.82, 2.24) is 20.1 Å². The van der Waals surface area contributed by atoms with E-state index in [-0.39, 0.29) is 11.8 Å². The second-order valence-corrected chi connectivity index (χ2v) is 9.14.